The van der Waals surface area contributed by atoms with Crippen LogP contribution in [-0.4, -0.2) is 55.3 Å². The van der Waals surface area contributed by atoms with Crippen LogP contribution in [0.2, 0.25) is 0 Å². The van der Waals surface area contributed by atoms with E-state index in [0.717, 1.165) is 67.5 Å². The number of halogens is 3. The first-order valence-corrected chi connectivity index (χ1v) is 13.7. The standard InChI is InChI=1S/C30H30F3N7O/c1-20-35-28(41-38-20)23-9-6-21(7-10-23)12-15-39-16-13-24(14-17-39)36-29-37-25-4-2-3-5-26(25)40(29)19-22-8-11-27(34-18-22)30(31,32)33/h2-11,18,24H,12-17,19H2,1H3,(H,36,37). The molecule has 0 amide bonds. The molecule has 0 radical (unpaired) electrons. The summed E-state index contributed by atoms with van der Waals surface area (Å²) in [6, 6.07) is 18.8. The number of aryl methyl sites for hydroxylation is 1. The van der Waals surface area contributed by atoms with Gasteiger partial charge in [-0.05, 0) is 67.6 Å². The molecule has 0 saturated carbocycles. The minimum Gasteiger partial charge on any atom is -0.353 e. The summed E-state index contributed by atoms with van der Waals surface area (Å²) in [5.41, 5.74) is 3.73. The first-order chi connectivity index (χ1) is 19.8. The van der Waals surface area contributed by atoms with Crippen molar-refractivity contribution in [1.82, 2.24) is 29.6 Å². The second-order valence-electron chi connectivity index (χ2n) is 10.4. The molecule has 8 nitrogen and oxygen atoms in total. The highest BCUT2D eigenvalue weighted by Gasteiger charge is 2.32. The summed E-state index contributed by atoms with van der Waals surface area (Å²) >= 11 is 0. The van der Waals surface area contributed by atoms with Gasteiger partial charge < -0.3 is 19.3 Å². The Balaban J connectivity index is 1.06. The van der Waals surface area contributed by atoms with Crippen molar-refractivity contribution in [3.63, 3.8) is 0 Å². The fourth-order valence-corrected chi connectivity index (χ4v) is 5.21. The highest BCUT2D eigenvalue weighted by molar-refractivity contribution is 5.78. The molecule has 0 aliphatic carbocycles. The van der Waals surface area contributed by atoms with Gasteiger partial charge in [-0.2, -0.15) is 18.2 Å². The van der Waals surface area contributed by atoms with E-state index < -0.39 is 11.9 Å². The van der Waals surface area contributed by atoms with E-state index in [4.69, 9.17) is 9.51 Å². The number of benzene rings is 2. The quantitative estimate of drug-likeness (QED) is 0.250. The van der Waals surface area contributed by atoms with Gasteiger partial charge >= 0.3 is 6.18 Å². The van der Waals surface area contributed by atoms with Crippen LogP contribution in [0.3, 0.4) is 0 Å². The Kier molecular flexibility index (Phi) is 7.44. The number of likely N-dealkylation sites (tertiary alicyclic amines) is 1. The van der Waals surface area contributed by atoms with Gasteiger partial charge in [0, 0.05) is 37.4 Å². The van der Waals surface area contributed by atoms with Gasteiger partial charge in [0.2, 0.25) is 5.95 Å². The van der Waals surface area contributed by atoms with E-state index in [1.54, 1.807) is 6.92 Å². The maximum absolute atomic E-state index is 13.0. The predicted octanol–water partition coefficient (Wildman–Crippen LogP) is 5.98. The van der Waals surface area contributed by atoms with E-state index in [9.17, 15) is 13.2 Å². The first-order valence-electron chi connectivity index (χ1n) is 13.7. The number of hydrogen-bond acceptors (Lipinski definition) is 7. The van der Waals surface area contributed by atoms with Crippen molar-refractivity contribution in [2.45, 2.75) is 44.9 Å². The normalized spacial score (nSPS) is 15.0. The van der Waals surface area contributed by atoms with Crippen molar-refractivity contribution < 1.29 is 17.7 Å². The van der Waals surface area contributed by atoms with Gasteiger partial charge in [-0.3, -0.25) is 4.98 Å². The molecule has 1 N–H and O–H groups in total. The molecule has 11 heteroatoms. The summed E-state index contributed by atoms with van der Waals surface area (Å²) in [6.07, 6.45) is -0.264. The van der Waals surface area contributed by atoms with Gasteiger partial charge in [-0.25, -0.2) is 4.98 Å². The van der Waals surface area contributed by atoms with Crippen molar-refractivity contribution >= 4 is 17.0 Å². The Morgan fingerprint density at radius 3 is 2.39 bits per heavy atom. The predicted molar refractivity (Wildman–Crippen MR) is 149 cm³/mol. The van der Waals surface area contributed by atoms with Gasteiger partial charge in [-0.15, -0.1) is 0 Å². The molecular weight excluding hydrogens is 531 g/mol. The minimum absolute atomic E-state index is 0.254. The Hall–Kier alpha value is -4.25. The molecule has 1 aliphatic heterocycles. The van der Waals surface area contributed by atoms with E-state index in [1.807, 2.05) is 41.0 Å². The van der Waals surface area contributed by atoms with Crippen LogP contribution in [0.1, 0.15) is 35.5 Å². The maximum Gasteiger partial charge on any atom is 0.433 e. The van der Waals surface area contributed by atoms with Gasteiger partial charge in [0.15, 0.2) is 5.82 Å². The molecule has 41 heavy (non-hydrogen) atoms. The zero-order valence-corrected chi connectivity index (χ0v) is 22.6. The number of aromatic nitrogens is 5. The van der Waals surface area contributed by atoms with Crippen LogP contribution in [0.25, 0.3) is 22.5 Å². The van der Waals surface area contributed by atoms with Crippen molar-refractivity contribution in [3.05, 3.63) is 89.5 Å². The molecule has 0 bridgehead atoms. The van der Waals surface area contributed by atoms with Crippen LogP contribution in [0, 0.1) is 6.92 Å². The summed E-state index contributed by atoms with van der Waals surface area (Å²) in [5.74, 6) is 1.88. The molecular formula is C30H30F3N7O. The van der Waals surface area contributed by atoms with Crippen LogP contribution in [-0.2, 0) is 19.1 Å². The molecule has 1 saturated heterocycles. The Bertz CT molecular complexity index is 1600. The van der Waals surface area contributed by atoms with Gasteiger partial charge in [-0.1, -0.05) is 35.5 Å². The zero-order valence-electron chi connectivity index (χ0n) is 22.6. The largest absolute Gasteiger partial charge is 0.433 e. The Morgan fingerprint density at radius 2 is 1.71 bits per heavy atom. The van der Waals surface area contributed by atoms with Gasteiger partial charge in [0.1, 0.15) is 5.69 Å². The number of rotatable bonds is 8. The van der Waals surface area contributed by atoms with Gasteiger partial charge in [0.25, 0.3) is 5.89 Å². The Morgan fingerprint density at radius 1 is 0.951 bits per heavy atom. The number of para-hydroxylation sites is 2. The smallest absolute Gasteiger partial charge is 0.353 e. The molecule has 0 atom stereocenters. The number of nitrogens with zero attached hydrogens (tertiary/aromatic N) is 6. The molecule has 2 aromatic carbocycles. The lowest BCUT2D eigenvalue weighted by atomic mass is 10.0. The molecule has 5 aromatic rings. The third kappa shape index (κ3) is 6.25. The summed E-state index contributed by atoms with van der Waals surface area (Å²) in [4.78, 5) is 15.2. The van der Waals surface area contributed by atoms with Crippen LogP contribution in [0.5, 0.6) is 0 Å². The molecule has 6 rings (SSSR count). The second-order valence-corrected chi connectivity index (χ2v) is 10.4. The highest BCUT2D eigenvalue weighted by Crippen LogP contribution is 2.28. The maximum atomic E-state index is 13.0. The lowest BCUT2D eigenvalue weighted by Gasteiger charge is -2.32. The van der Waals surface area contributed by atoms with Crippen LogP contribution < -0.4 is 5.32 Å². The van der Waals surface area contributed by atoms with E-state index in [-0.39, 0.29) is 6.04 Å². The number of alkyl halides is 3. The number of pyridine rings is 1. The fraction of sp³-hybridized carbons (Fsp3) is 0.333. The average molecular weight is 562 g/mol. The molecule has 0 spiro atoms. The molecule has 3 aromatic heterocycles. The minimum atomic E-state index is -4.46. The summed E-state index contributed by atoms with van der Waals surface area (Å²) < 4.78 is 46.2. The van der Waals surface area contributed by atoms with Crippen molar-refractivity contribution in [1.29, 1.82) is 0 Å². The van der Waals surface area contributed by atoms with E-state index in [0.29, 0.717) is 23.8 Å². The Labute approximate surface area is 235 Å². The SMILES string of the molecule is Cc1noc(-c2ccc(CCN3CCC(Nc4nc5ccccc5n4Cc4ccc(C(F)(F)F)nc4)CC3)cc2)n1. The van der Waals surface area contributed by atoms with E-state index in [2.05, 4.69) is 37.5 Å². The van der Waals surface area contributed by atoms with Crippen LogP contribution in [0.15, 0.2) is 71.4 Å². The van der Waals surface area contributed by atoms with Crippen molar-refractivity contribution in [2.75, 3.05) is 25.0 Å². The first kappa shape index (κ1) is 26.9. The monoisotopic (exact) mass is 561 g/mol. The summed E-state index contributed by atoms with van der Waals surface area (Å²) in [7, 11) is 0. The number of fused-ring (bicyclic) bond motifs is 1. The highest BCUT2D eigenvalue weighted by atomic mass is 19.4. The zero-order chi connectivity index (χ0) is 28.4. The lowest BCUT2D eigenvalue weighted by molar-refractivity contribution is -0.141. The van der Waals surface area contributed by atoms with Crippen molar-refractivity contribution in [3.8, 4) is 11.5 Å². The number of hydrogen-bond donors (Lipinski definition) is 1. The van der Waals surface area contributed by atoms with Crippen LogP contribution >= 0.6 is 0 Å². The molecule has 212 valence electrons. The lowest BCUT2D eigenvalue weighted by Crippen LogP contribution is -2.40. The number of nitrogens with one attached hydrogen (secondary N) is 1. The molecule has 1 fully saturated rings. The number of imidazole rings is 1. The van der Waals surface area contributed by atoms with E-state index >= 15 is 0 Å². The van der Waals surface area contributed by atoms with Crippen LogP contribution in [0.4, 0.5) is 19.1 Å². The molecule has 1 aliphatic rings. The summed E-state index contributed by atoms with van der Waals surface area (Å²) in [6.45, 7) is 5.10. The molecule has 0 unspecified atom stereocenters. The number of piperidine rings is 1. The van der Waals surface area contributed by atoms with Gasteiger partial charge in [0.05, 0.1) is 17.6 Å². The third-order valence-electron chi connectivity index (χ3n) is 7.48. The van der Waals surface area contributed by atoms with Crippen molar-refractivity contribution in [2.24, 2.45) is 0 Å². The summed E-state index contributed by atoms with van der Waals surface area (Å²) in [5, 5.41) is 7.47. The number of anilines is 1. The fourth-order valence-electron chi connectivity index (χ4n) is 5.21. The average Bonchev–Trinajstić information content (AvgIpc) is 3.56. The molecule has 4 heterocycles. The topological polar surface area (TPSA) is 84.9 Å². The van der Waals surface area contributed by atoms with E-state index in [1.165, 1.54) is 17.8 Å². The second kappa shape index (κ2) is 11.3. The third-order valence-corrected chi connectivity index (χ3v) is 7.48.